The van der Waals surface area contributed by atoms with Gasteiger partial charge in [-0.05, 0) is 40.2 Å². The van der Waals surface area contributed by atoms with Gasteiger partial charge in [-0.3, -0.25) is 10.2 Å². The van der Waals surface area contributed by atoms with Gasteiger partial charge >= 0.3 is 6.09 Å². The molecule has 0 unspecified atom stereocenters. The normalized spacial score (nSPS) is 14.9. The molecule has 1 aromatic carbocycles. The number of amides is 1. The van der Waals surface area contributed by atoms with Crippen LogP contribution in [-0.2, 0) is 9.47 Å². The number of carbonyl (C=O) groups is 1. The minimum atomic E-state index is -0.581. The minimum absolute atomic E-state index is 0.489. The lowest BCUT2D eigenvalue weighted by Crippen LogP contribution is -2.36. The Morgan fingerprint density at radius 2 is 1.72 bits per heavy atom. The van der Waals surface area contributed by atoms with Gasteiger partial charge in [0.2, 0.25) is 5.75 Å². The van der Waals surface area contributed by atoms with Gasteiger partial charge in [-0.1, -0.05) is 0 Å². The van der Waals surface area contributed by atoms with E-state index in [0.29, 0.717) is 29.5 Å². The van der Waals surface area contributed by atoms with Crippen LogP contribution < -0.4 is 19.5 Å². The average molecular weight is 411 g/mol. The van der Waals surface area contributed by atoms with Gasteiger partial charge < -0.3 is 23.7 Å². The van der Waals surface area contributed by atoms with Gasteiger partial charge in [0.15, 0.2) is 11.5 Å². The molecule has 1 saturated heterocycles. The highest BCUT2D eigenvalue weighted by Gasteiger charge is 2.19. The Morgan fingerprint density at radius 3 is 2.28 bits per heavy atom. The molecule has 0 atom stereocenters. The molecular weight excluding hydrogens is 376 g/mol. The SMILES string of the molecule is COc1cc(NC(=O)OC(C)(C)C)cc(OC)c1OCCCCN1CCOCC1. The molecule has 0 radical (unpaired) electrons. The molecule has 0 saturated carbocycles. The van der Waals surface area contributed by atoms with Crippen molar-refractivity contribution < 1.29 is 28.5 Å². The van der Waals surface area contributed by atoms with E-state index in [1.54, 1.807) is 26.4 Å². The van der Waals surface area contributed by atoms with Crippen molar-refractivity contribution in [2.45, 2.75) is 39.2 Å². The van der Waals surface area contributed by atoms with Crippen LogP contribution in [0.4, 0.5) is 10.5 Å². The maximum absolute atomic E-state index is 12.0. The number of hydrogen-bond donors (Lipinski definition) is 1. The number of carbonyl (C=O) groups excluding carboxylic acids is 1. The summed E-state index contributed by atoms with van der Waals surface area (Å²) in [5.41, 5.74) is -0.0738. The van der Waals surface area contributed by atoms with Gasteiger partial charge in [0.1, 0.15) is 5.60 Å². The summed E-state index contributed by atoms with van der Waals surface area (Å²) in [7, 11) is 3.11. The first kappa shape index (κ1) is 23.1. The number of unbranched alkanes of at least 4 members (excludes halogenated alkanes) is 1. The van der Waals surface area contributed by atoms with E-state index < -0.39 is 11.7 Å². The van der Waals surface area contributed by atoms with E-state index in [1.807, 2.05) is 20.8 Å². The van der Waals surface area contributed by atoms with Gasteiger partial charge in [0, 0.05) is 25.2 Å². The summed E-state index contributed by atoms with van der Waals surface area (Å²) in [6, 6.07) is 3.38. The van der Waals surface area contributed by atoms with Gasteiger partial charge in [0.25, 0.3) is 0 Å². The summed E-state index contributed by atoms with van der Waals surface area (Å²) in [6.07, 6.45) is 1.42. The van der Waals surface area contributed by atoms with Crippen molar-refractivity contribution in [3.05, 3.63) is 12.1 Å². The van der Waals surface area contributed by atoms with Crippen molar-refractivity contribution >= 4 is 11.8 Å². The molecule has 0 bridgehead atoms. The smallest absolute Gasteiger partial charge is 0.412 e. The fourth-order valence-electron chi connectivity index (χ4n) is 2.95. The molecular formula is C21H34N2O6. The van der Waals surface area contributed by atoms with E-state index in [0.717, 1.165) is 45.7 Å². The topological polar surface area (TPSA) is 78.5 Å². The molecule has 29 heavy (non-hydrogen) atoms. The molecule has 1 aliphatic rings. The van der Waals surface area contributed by atoms with E-state index in [1.165, 1.54) is 0 Å². The predicted molar refractivity (Wildman–Crippen MR) is 111 cm³/mol. The third-order valence-corrected chi connectivity index (χ3v) is 4.32. The van der Waals surface area contributed by atoms with Crippen molar-refractivity contribution in [3.63, 3.8) is 0 Å². The molecule has 8 heteroatoms. The largest absolute Gasteiger partial charge is 0.493 e. The van der Waals surface area contributed by atoms with Crippen molar-refractivity contribution in [2.75, 3.05) is 59.0 Å². The molecule has 0 spiro atoms. The Balaban J connectivity index is 1.91. The molecule has 2 rings (SSSR count). The molecule has 0 aliphatic carbocycles. The van der Waals surface area contributed by atoms with Crippen molar-refractivity contribution in [3.8, 4) is 17.2 Å². The van der Waals surface area contributed by atoms with Crippen LogP contribution in [0.5, 0.6) is 17.2 Å². The lowest BCUT2D eigenvalue weighted by Gasteiger charge is -2.26. The number of anilines is 1. The number of methoxy groups -OCH3 is 2. The molecule has 1 aliphatic heterocycles. The molecule has 1 aromatic rings. The summed E-state index contributed by atoms with van der Waals surface area (Å²) in [5, 5.41) is 2.70. The zero-order valence-corrected chi connectivity index (χ0v) is 18.2. The first-order valence-corrected chi connectivity index (χ1v) is 10.0. The standard InChI is InChI=1S/C21H34N2O6/c1-21(2,3)29-20(24)22-16-14-17(25-4)19(18(15-16)26-5)28-11-7-6-8-23-9-12-27-13-10-23/h14-15H,6-13H2,1-5H3,(H,22,24). The molecule has 1 amide bonds. The second kappa shape index (κ2) is 11.1. The van der Waals surface area contributed by atoms with Crippen molar-refractivity contribution in [2.24, 2.45) is 0 Å². The Kier molecular flexibility index (Phi) is 8.85. The van der Waals surface area contributed by atoms with Crippen LogP contribution in [0.2, 0.25) is 0 Å². The number of nitrogens with one attached hydrogen (secondary N) is 1. The zero-order chi connectivity index (χ0) is 21.3. The first-order chi connectivity index (χ1) is 13.8. The van der Waals surface area contributed by atoms with Crippen LogP contribution in [0.15, 0.2) is 12.1 Å². The summed E-state index contributed by atoms with van der Waals surface area (Å²) < 4.78 is 27.5. The van der Waals surface area contributed by atoms with Crippen molar-refractivity contribution in [1.82, 2.24) is 4.90 Å². The fourth-order valence-corrected chi connectivity index (χ4v) is 2.95. The van der Waals surface area contributed by atoms with Crippen LogP contribution in [0.1, 0.15) is 33.6 Å². The molecule has 1 fully saturated rings. The third kappa shape index (κ3) is 7.98. The number of morpholine rings is 1. The highest BCUT2D eigenvalue weighted by Crippen LogP contribution is 2.40. The van der Waals surface area contributed by atoms with E-state index >= 15 is 0 Å². The zero-order valence-electron chi connectivity index (χ0n) is 18.2. The second-order valence-corrected chi connectivity index (χ2v) is 7.85. The fraction of sp³-hybridized carbons (Fsp3) is 0.667. The number of ether oxygens (including phenoxy) is 5. The summed E-state index contributed by atoms with van der Waals surface area (Å²) >= 11 is 0. The van der Waals surface area contributed by atoms with Gasteiger partial charge in [-0.2, -0.15) is 0 Å². The van der Waals surface area contributed by atoms with Crippen LogP contribution in [0.25, 0.3) is 0 Å². The third-order valence-electron chi connectivity index (χ3n) is 4.32. The number of benzene rings is 1. The van der Waals surface area contributed by atoms with Gasteiger partial charge in [-0.15, -0.1) is 0 Å². The van der Waals surface area contributed by atoms with E-state index in [4.69, 9.17) is 23.7 Å². The molecule has 8 nitrogen and oxygen atoms in total. The summed E-state index contributed by atoms with van der Waals surface area (Å²) in [5.74, 6) is 1.50. The van der Waals surface area contributed by atoms with E-state index in [-0.39, 0.29) is 0 Å². The van der Waals surface area contributed by atoms with Crippen LogP contribution in [-0.4, -0.2) is 70.3 Å². The quantitative estimate of drug-likeness (QED) is 0.624. The minimum Gasteiger partial charge on any atom is -0.493 e. The second-order valence-electron chi connectivity index (χ2n) is 7.85. The van der Waals surface area contributed by atoms with Gasteiger partial charge in [0.05, 0.1) is 39.7 Å². The Bertz CT molecular complexity index is 628. The first-order valence-electron chi connectivity index (χ1n) is 10.0. The van der Waals surface area contributed by atoms with Gasteiger partial charge in [-0.25, -0.2) is 4.79 Å². The van der Waals surface area contributed by atoms with Crippen LogP contribution in [0, 0.1) is 0 Å². The lowest BCUT2D eigenvalue weighted by atomic mass is 10.2. The summed E-state index contributed by atoms with van der Waals surface area (Å²) in [4.78, 5) is 14.4. The predicted octanol–water partition coefficient (Wildman–Crippen LogP) is 3.54. The molecule has 0 aromatic heterocycles. The highest BCUT2D eigenvalue weighted by atomic mass is 16.6. The maximum Gasteiger partial charge on any atom is 0.412 e. The summed E-state index contributed by atoms with van der Waals surface area (Å²) in [6.45, 7) is 10.6. The number of rotatable bonds is 9. The van der Waals surface area contributed by atoms with E-state index in [2.05, 4.69) is 10.2 Å². The van der Waals surface area contributed by atoms with E-state index in [9.17, 15) is 4.79 Å². The monoisotopic (exact) mass is 410 g/mol. The molecule has 164 valence electrons. The molecule has 1 N–H and O–H groups in total. The Labute approximate surface area is 173 Å². The van der Waals surface area contributed by atoms with Crippen LogP contribution in [0.3, 0.4) is 0 Å². The maximum atomic E-state index is 12.0. The number of hydrogen-bond acceptors (Lipinski definition) is 7. The average Bonchev–Trinajstić information content (AvgIpc) is 2.67. The van der Waals surface area contributed by atoms with Crippen LogP contribution >= 0.6 is 0 Å². The Hall–Kier alpha value is -2.19. The molecule has 1 heterocycles. The highest BCUT2D eigenvalue weighted by molar-refractivity contribution is 5.86. The Morgan fingerprint density at radius 1 is 1.10 bits per heavy atom. The number of nitrogens with zero attached hydrogens (tertiary/aromatic N) is 1. The lowest BCUT2D eigenvalue weighted by molar-refractivity contribution is 0.0367. The van der Waals surface area contributed by atoms with Crippen molar-refractivity contribution in [1.29, 1.82) is 0 Å².